The summed E-state index contributed by atoms with van der Waals surface area (Å²) in [6.07, 6.45) is 0. The average Bonchev–Trinajstić information content (AvgIpc) is 2.96. The highest BCUT2D eigenvalue weighted by Gasteiger charge is 2.27. The van der Waals surface area contributed by atoms with Crippen molar-refractivity contribution in [2.24, 2.45) is 0 Å². The van der Waals surface area contributed by atoms with Crippen molar-refractivity contribution in [1.82, 2.24) is 0 Å². The van der Waals surface area contributed by atoms with E-state index in [1.165, 1.54) is 0 Å². The Morgan fingerprint density at radius 3 is 3.06 bits per heavy atom. The number of carbonyl (C=O) groups is 1. The van der Waals surface area contributed by atoms with E-state index in [1.807, 2.05) is 41.1 Å². The normalized spacial score (nSPS) is 17.3. The van der Waals surface area contributed by atoms with Gasteiger partial charge < -0.3 is 10.6 Å². The number of anilines is 2. The summed E-state index contributed by atoms with van der Waals surface area (Å²) in [6, 6.07) is 9.87. The zero-order chi connectivity index (χ0) is 11.7. The van der Waals surface area contributed by atoms with E-state index in [9.17, 15) is 4.79 Å². The number of rotatable bonds is 2. The minimum atomic E-state index is -0.0916. The molecule has 1 atom stereocenters. The molecule has 0 saturated carbocycles. The Hall–Kier alpha value is -1.81. The molecule has 86 valence electrons. The number of para-hydroxylation sites is 1. The maximum absolute atomic E-state index is 12.1. The number of hydrogen-bond acceptors (Lipinski definition) is 3. The first-order chi connectivity index (χ1) is 8.34. The summed E-state index contributed by atoms with van der Waals surface area (Å²) >= 11 is 1.58. The SMILES string of the molecule is O=C(Nc1ccsc1)C1CNc2ccccc21. The first kappa shape index (κ1) is 10.4. The first-order valence-electron chi connectivity index (χ1n) is 5.50. The summed E-state index contributed by atoms with van der Waals surface area (Å²) in [7, 11) is 0. The number of amides is 1. The number of nitrogens with one attached hydrogen (secondary N) is 2. The van der Waals surface area contributed by atoms with E-state index >= 15 is 0 Å². The summed E-state index contributed by atoms with van der Waals surface area (Å²) < 4.78 is 0. The summed E-state index contributed by atoms with van der Waals surface area (Å²) in [6.45, 7) is 0.676. The Morgan fingerprint density at radius 2 is 2.24 bits per heavy atom. The minimum absolute atomic E-state index is 0.0563. The van der Waals surface area contributed by atoms with Crippen molar-refractivity contribution in [3.05, 3.63) is 46.7 Å². The maximum Gasteiger partial charge on any atom is 0.233 e. The molecule has 2 heterocycles. The molecule has 1 aromatic carbocycles. The lowest BCUT2D eigenvalue weighted by Crippen LogP contribution is -2.22. The molecule has 1 amide bonds. The molecule has 2 N–H and O–H groups in total. The summed E-state index contributed by atoms with van der Waals surface area (Å²) in [4.78, 5) is 12.1. The Labute approximate surface area is 103 Å². The van der Waals surface area contributed by atoms with Crippen LogP contribution in [0.5, 0.6) is 0 Å². The lowest BCUT2D eigenvalue weighted by molar-refractivity contribution is -0.117. The van der Waals surface area contributed by atoms with Gasteiger partial charge >= 0.3 is 0 Å². The molecule has 0 aliphatic carbocycles. The van der Waals surface area contributed by atoms with E-state index in [1.54, 1.807) is 11.3 Å². The molecular formula is C13H12N2OS. The van der Waals surface area contributed by atoms with Crippen molar-refractivity contribution in [2.75, 3.05) is 17.2 Å². The van der Waals surface area contributed by atoms with Gasteiger partial charge in [0.25, 0.3) is 0 Å². The van der Waals surface area contributed by atoms with Gasteiger partial charge in [0.05, 0.1) is 11.6 Å². The van der Waals surface area contributed by atoms with Gasteiger partial charge in [0.1, 0.15) is 0 Å². The highest BCUT2D eigenvalue weighted by atomic mass is 32.1. The molecule has 4 heteroatoms. The van der Waals surface area contributed by atoms with Crippen LogP contribution in [0.2, 0.25) is 0 Å². The molecule has 0 saturated heterocycles. The smallest absolute Gasteiger partial charge is 0.233 e. The molecule has 17 heavy (non-hydrogen) atoms. The lowest BCUT2D eigenvalue weighted by atomic mass is 10.0. The van der Waals surface area contributed by atoms with Gasteiger partial charge in [-0.1, -0.05) is 18.2 Å². The Kier molecular flexibility index (Phi) is 2.57. The van der Waals surface area contributed by atoms with Crippen LogP contribution in [0.1, 0.15) is 11.5 Å². The molecule has 1 unspecified atom stereocenters. The van der Waals surface area contributed by atoms with Crippen LogP contribution < -0.4 is 10.6 Å². The molecule has 1 aromatic heterocycles. The van der Waals surface area contributed by atoms with E-state index in [0.717, 1.165) is 16.9 Å². The summed E-state index contributed by atoms with van der Waals surface area (Å²) in [5, 5.41) is 10.1. The molecule has 0 spiro atoms. The Balaban J connectivity index is 1.80. The van der Waals surface area contributed by atoms with Crippen molar-refractivity contribution in [2.45, 2.75) is 5.92 Å². The summed E-state index contributed by atoms with van der Waals surface area (Å²) in [5.41, 5.74) is 3.03. The van der Waals surface area contributed by atoms with Gasteiger partial charge in [-0.3, -0.25) is 4.79 Å². The zero-order valence-corrected chi connectivity index (χ0v) is 9.96. The van der Waals surface area contributed by atoms with Gasteiger partial charge in [-0.15, -0.1) is 0 Å². The predicted molar refractivity (Wildman–Crippen MR) is 70.6 cm³/mol. The Bertz CT molecular complexity index is 536. The minimum Gasteiger partial charge on any atom is -0.384 e. The fourth-order valence-corrected chi connectivity index (χ4v) is 2.67. The number of thiophene rings is 1. The monoisotopic (exact) mass is 244 g/mol. The molecule has 1 aliphatic rings. The molecule has 3 nitrogen and oxygen atoms in total. The second-order valence-corrected chi connectivity index (χ2v) is 4.80. The molecule has 0 fully saturated rings. The van der Waals surface area contributed by atoms with Gasteiger partial charge in [-0.05, 0) is 23.1 Å². The number of carbonyl (C=O) groups excluding carboxylic acids is 1. The van der Waals surface area contributed by atoms with Gasteiger partial charge in [-0.2, -0.15) is 11.3 Å². The quantitative estimate of drug-likeness (QED) is 0.852. The Morgan fingerprint density at radius 1 is 1.35 bits per heavy atom. The van der Waals surface area contributed by atoms with E-state index < -0.39 is 0 Å². The van der Waals surface area contributed by atoms with Gasteiger partial charge in [0, 0.05) is 17.6 Å². The van der Waals surface area contributed by atoms with Crippen LogP contribution in [0, 0.1) is 0 Å². The third kappa shape index (κ3) is 1.91. The van der Waals surface area contributed by atoms with Gasteiger partial charge in [-0.25, -0.2) is 0 Å². The zero-order valence-electron chi connectivity index (χ0n) is 9.14. The van der Waals surface area contributed by atoms with Crippen molar-refractivity contribution in [1.29, 1.82) is 0 Å². The highest BCUT2D eigenvalue weighted by molar-refractivity contribution is 7.08. The molecular weight excluding hydrogens is 232 g/mol. The van der Waals surface area contributed by atoms with Crippen LogP contribution in [0.3, 0.4) is 0 Å². The van der Waals surface area contributed by atoms with Crippen molar-refractivity contribution in [3.63, 3.8) is 0 Å². The van der Waals surface area contributed by atoms with E-state index in [4.69, 9.17) is 0 Å². The van der Waals surface area contributed by atoms with Crippen molar-refractivity contribution < 1.29 is 4.79 Å². The number of fused-ring (bicyclic) bond motifs is 1. The van der Waals surface area contributed by atoms with Crippen LogP contribution >= 0.6 is 11.3 Å². The molecule has 1 aliphatic heterocycles. The lowest BCUT2D eigenvalue weighted by Gasteiger charge is -2.09. The van der Waals surface area contributed by atoms with Crippen LogP contribution in [0.4, 0.5) is 11.4 Å². The van der Waals surface area contributed by atoms with E-state index in [2.05, 4.69) is 10.6 Å². The average molecular weight is 244 g/mol. The van der Waals surface area contributed by atoms with Crippen LogP contribution in [0.25, 0.3) is 0 Å². The first-order valence-corrected chi connectivity index (χ1v) is 6.45. The second kappa shape index (κ2) is 4.22. The third-order valence-corrected chi connectivity index (χ3v) is 3.62. The standard InChI is InChI=1S/C13H12N2OS/c16-13(15-9-5-6-17-8-9)11-7-14-12-4-2-1-3-10(11)12/h1-6,8,11,14H,7H2,(H,15,16). The highest BCUT2D eigenvalue weighted by Crippen LogP contribution is 2.31. The number of benzene rings is 1. The molecule has 0 radical (unpaired) electrons. The van der Waals surface area contributed by atoms with E-state index in [0.29, 0.717) is 6.54 Å². The fourth-order valence-electron chi connectivity index (χ4n) is 2.08. The number of hydrogen-bond donors (Lipinski definition) is 2. The summed E-state index contributed by atoms with van der Waals surface area (Å²) in [5.74, 6) is -0.0352. The largest absolute Gasteiger partial charge is 0.384 e. The second-order valence-electron chi connectivity index (χ2n) is 4.02. The third-order valence-electron chi connectivity index (χ3n) is 2.94. The maximum atomic E-state index is 12.1. The van der Waals surface area contributed by atoms with Crippen molar-refractivity contribution >= 4 is 28.6 Å². The van der Waals surface area contributed by atoms with E-state index in [-0.39, 0.29) is 11.8 Å². The molecule has 3 rings (SSSR count). The topological polar surface area (TPSA) is 41.1 Å². The van der Waals surface area contributed by atoms with Crippen molar-refractivity contribution in [3.8, 4) is 0 Å². The van der Waals surface area contributed by atoms with Crippen LogP contribution in [-0.2, 0) is 4.79 Å². The van der Waals surface area contributed by atoms with Crippen LogP contribution in [0.15, 0.2) is 41.1 Å². The predicted octanol–water partition coefficient (Wildman–Crippen LogP) is 2.90. The van der Waals surface area contributed by atoms with Gasteiger partial charge in [0.15, 0.2) is 0 Å². The van der Waals surface area contributed by atoms with Gasteiger partial charge in [0.2, 0.25) is 5.91 Å². The fraction of sp³-hybridized carbons (Fsp3) is 0.154. The molecule has 2 aromatic rings. The van der Waals surface area contributed by atoms with Crippen LogP contribution in [-0.4, -0.2) is 12.5 Å². The molecule has 0 bridgehead atoms.